The standard InChI is InChI=1S/C9H17ClN2O/c1-3-12-6-4-8(5-7-12)11(2)9(10)13/h8H,3-7H2,1-2H3. The van der Waals surface area contributed by atoms with Crippen molar-refractivity contribution in [3.05, 3.63) is 0 Å². The first-order chi connectivity index (χ1) is 6.15. The highest BCUT2D eigenvalue weighted by Crippen LogP contribution is 2.16. The fraction of sp³-hybridized carbons (Fsp3) is 0.889. The van der Waals surface area contributed by atoms with Crippen LogP contribution in [0.15, 0.2) is 0 Å². The molecule has 1 fully saturated rings. The lowest BCUT2D eigenvalue weighted by atomic mass is 10.0. The average molecular weight is 205 g/mol. The van der Waals surface area contributed by atoms with Crippen molar-refractivity contribution in [3.8, 4) is 0 Å². The molecule has 0 saturated carbocycles. The van der Waals surface area contributed by atoms with Gasteiger partial charge in [-0.25, -0.2) is 0 Å². The molecule has 0 N–H and O–H groups in total. The minimum atomic E-state index is -0.338. The molecular weight excluding hydrogens is 188 g/mol. The second-order valence-electron chi connectivity index (χ2n) is 3.53. The summed E-state index contributed by atoms with van der Waals surface area (Å²) in [4.78, 5) is 14.9. The zero-order valence-electron chi connectivity index (χ0n) is 8.29. The summed E-state index contributed by atoms with van der Waals surface area (Å²) in [5.41, 5.74) is 0. The quantitative estimate of drug-likeness (QED) is 0.506. The fourth-order valence-electron chi connectivity index (χ4n) is 1.77. The van der Waals surface area contributed by atoms with Crippen molar-refractivity contribution < 1.29 is 4.79 Å². The van der Waals surface area contributed by atoms with Crippen molar-refractivity contribution in [2.75, 3.05) is 26.7 Å². The smallest absolute Gasteiger partial charge is 0.316 e. The van der Waals surface area contributed by atoms with E-state index in [0.717, 1.165) is 32.5 Å². The van der Waals surface area contributed by atoms with Crippen LogP contribution in [0, 0.1) is 0 Å². The number of likely N-dealkylation sites (tertiary alicyclic amines) is 1. The molecule has 1 aliphatic heterocycles. The Kier molecular flexibility index (Phi) is 4.00. The van der Waals surface area contributed by atoms with Crippen LogP contribution >= 0.6 is 11.6 Å². The van der Waals surface area contributed by atoms with Gasteiger partial charge in [-0.05, 0) is 31.0 Å². The summed E-state index contributed by atoms with van der Waals surface area (Å²) in [5, 5.41) is -0.338. The maximum Gasteiger partial charge on any atom is 0.316 e. The van der Waals surface area contributed by atoms with E-state index >= 15 is 0 Å². The number of amides is 1. The normalized spacial score (nSPS) is 20.2. The lowest BCUT2D eigenvalue weighted by Crippen LogP contribution is -2.44. The average Bonchev–Trinajstić information content (AvgIpc) is 2.17. The monoisotopic (exact) mass is 204 g/mol. The Labute approximate surface area is 84.6 Å². The van der Waals surface area contributed by atoms with E-state index in [-0.39, 0.29) is 5.37 Å². The number of carbonyl (C=O) groups is 1. The zero-order chi connectivity index (χ0) is 9.84. The molecule has 1 saturated heterocycles. The molecule has 1 aliphatic rings. The van der Waals surface area contributed by atoms with Crippen molar-refractivity contribution in [3.63, 3.8) is 0 Å². The third kappa shape index (κ3) is 2.85. The molecule has 76 valence electrons. The maximum absolute atomic E-state index is 10.9. The largest absolute Gasteiger partial charge is 0.329 e. The van der Waals surface area contributed by atoms with Gasteiger partial charge in [-0.3, -0.25) is 4.79 Å². The van der Waals surface area contributed by atoms with Crippen LogP contribution in [0.1, 0.15) is 19.8 Å². The van der Waals surface area contributed by atoms with Gasteiger partial charge >= 0.3 is 5.37 Å². The maximum atomic E-state index is 10.9. The summed E-state index contributed by atoms with van der Waals surface area (Å²) in [6, 6.07) is 0.341. The molecule has 0 bridgehead atoms. The summed E-state index contributed by atoms with van der Waals surface area (Å²) in [5.74, 6) is 0. The number of hydrogen-bond acceptors (Lipinski definition) is 2. The second kappa shape index (κ2) is 4.82. The molecule has 13 heavy (non-hydrogen) atoms. The van der Waals surface area contributed by atoms with Crippen LogP contribution in [-0.4, -0.2) is 47.9 Å². The fourth-order valence-corrected chi connectivity index (χ4v) is 1.90. The Hall–Kier alpha value is -0.280. The highest BCUT2D eigenvalue weighted by Gasteiger charge is 2.23. The van der Waals surface area contributed by atoms with Crippen molar-refractivity contribution in [1.29, 1.82) is 0 Å². The van der Waals surface area contributed by atoms with E-state index in [0.29, 0.717) is 6.04 Å². The molecule has 0 aliphatic carbocycles. The van der Waals surface area contributed by atoms with Crippen LogP contribution in [0.4, 0.5) is 4.79 Å². The molecule has 0 spiro atoms. The van der Waals surface area contributed by atoms with Crippen LogP contribution in [0.25, 0.3) is 0 Å². The Morgan fingerprint density at radius 1 is 1.54 bits per heavy atom. The zero-order valence-corrected chi connectivity index (χ0v) is 9.05. The van der Waals surface area contributed by atoms with Gasteiger partial charge in [0.25, 0.3) is 0 Å². The molecule has 0 aromatic heterocycles. The number of rotatable bonds is 2. The molecule has 0 aromatic carbocycles. The number of hydrogen-bond donors (Lipinski definition) is 0. The van der Waals surface area contributed by atoms with Crippen molar-refractivity contribution in [1.82, 2.24) is 9.80 Å². The van der Waals surface area contributed by atoms with Crippen LogP contribution in [0.5, 0.6) is 0 Å². The summed E-state index contributed by atoms with van der Waals surface area (Å²) in [6.45, 7) is 5.42. The SMILES string of the molecule is CCN1CCC(N(C)C(=O)Cl)CC1. The minimum absolute atomic E-state index is 0.338. The van der Waals surface area contributed by atoms with Crippen molar-refractivity contribution in [2.45, 2.75) is 25.8 Å². The van der Waals surface area contributed by atoms with E-state index in [1.54, 1.807) is 11.9 Å². The van der Waals surface area contributed by atoms with E-state index in [9.17, 15) is 4.79 Å². The highest BCUT2D eigenvalue weighted by molar-refractivity contribution is 6.62. The van der Waals surface area contributed by atoms with Gasteiger partial charge in [0.1, 0.15) is 0 Å². The summed E-state index contributed by atoms with van der Waals surface area (Å²) in [6.07, 6.45) is 2.09. The molecule has 1 rings (SSSR count). The van der Waals surface area contributed by atoms with Gasteiger partial charge < -0.3 is 9.80 Å². The third-order valence-electron chi connectivity index (χ3n) is 2.83. The summed E-state index contributed by atoms with van der Waals surface area (Å²) in [7, 11) is 1.78. The van der Waals surface area contributed by atoms with Gasteiger partial charge in [-0.15, -0.1) is 0 Å². The molecule has 0 atom stereocenters. The first-order valence-corrected chi connectivity index (χ1v) is 5.17. The van der Waals surface area contributed by atoms with Crippen molar-refractivity contribution in [2.24, 2.45) is 0 Å². The van der Waals surface area contributed by atoms with E-state index in [2.05, 4.69) is 11.8 Å². The Morgan fingerprint density at radius 2 is 2.08 bits per heavy atom. The Morgan fingerprint density at radius 3 is 2.46 bits per heavy atom. The molecule has 0 radical (unpaired) electrons. The first-order valence-electron chi connectivity index (χ1n) is 4.79. The van der Waals surface area contributed by atoms with Gasteiger partial charge in [-0.1, -0.05) is 6.92 Å². The number of nitrogens with zero attached hydrogens (tertiary/aromatic N) is 2. The lowest BCUT2D eigenvalue weighted by Gasteiger charge is -2.35. The predicted octanol–water partition coefficient (Wildman–Crippen LogP) is 1.76. The van der Waals surface area contributed by atoms with Gasteiger partial charge in [0, 0.05) is 26.2 Å². The number of halogens is 1. The molecule has 3 nitrogen and oxygen atoms in total. The predicted molar refractivity (Wildman–Crippen MR) is 54.1 cm³/mol. The lowest BCUT2D eigenvalue weighted by molar-refractivity contribution is 0.150. The van der Waals surface area contributed by atoms with Gasteiger partial charge in [0.15, 0.2) is 0 Å². The molecule has 4 heteroatoms. The molecule has 1 heterocycles. The molecule has 0 aromatic rings. The molecule has 1 amide bonds. The molecule has 0 unspecified atom stereocenters. The van der Waals surface area contributed by atoms with Crippen molar-refractivity contribution >= 4 is 17.0 Å². The number of piperidine rings is 1. The molecular formula is C9H17ClN2O. The summed E-state index contributed by atoms with van der Waals surface area (Å²) >= 11 is 5.41. The van der Waals surface area contributed by atoms with Gasteiger partial charge in [-0.2, -0.15) is 0 Å². The van der Waals surface area contributed by atoms with E-state index < -0.39 is 0 Å². The summed E-state index contributed by atoms with van der Waals surface area (Å²) < 4.78 is 0. The van der Waals surface area contributed by atoms with E-state index in [1.807, 2.05) is 0 Å². The third-order valence-corrected chi connectivity index (χ3v) is 3.10. The first kappa shape index (κ1) is 10.8. The van der Waals surface area contributed by atoms with E-state index in [1.165, 1.54) is 0 Å². The van der Waals surface area contributed by atoms with Crippen LogP contribution in [0.2, 0.25) is 0 Å². The Balaban J connectivity index is 2.36. The van der Waals surface area contributed by atoms with E-state index in [4.69, 9.17) is 11.6 Å². The van der Waals surface area contributed by atoms with Gasteiger partial charge in [0.2, 0.25) is 0 Å². The van der Waals surface area contributed by atoms with Gasteiger partial charge in [0.05, 0.1) is 0 Å². The highest BCUT2D eigenvalue weighted by atomic mass is 35.5. The second-order valence-corrected chi connectivity index (χ2v) is 3.85. The van der Waals surface area contributed by atoms with Crippen LogP contribution in [0.3, 0.4) is 0 Å². The van der Waals surface area contributed by atoms with Crippen LogP contribution in [-0.2, 0) is 0 Å². The topological polar surface area (TPSA) is 23.6 Å². The minimum Gasteiger partial charge on any atom is -0.329 e. The number of carbonyl (C=O) groups excluding carboxylic acids is 1. The Bertz CT molecular complexity index is 178. The van der Waals surface area contributed by atoms with Crippen LogP contribution < -0.4 is 0 Å².